The van der Waals surface area contributed by atoms with Crippen molar-refractivity contribution >= 4 is 33.2 Å². The fraction of sp³-hybridized carbons (Fsp3) is 0. The van der Waals surface area contributed by atoms with Gasteiger partial charge in [0.15, 0.2) is 5.78 Å². The zero-order chi connectivity index (χ0) is 13.9. The first kappa shape index (κ1) is 13.5. The Morgan fingerprint density at radius 3 is 2.42 bits per heavy atom. The van der Waals surface area contributed by atoms with Crippen molar-refractivity contribution in [1.29, 1.82) is 0 Å². The maximum absolute atomic E-state index is 11.7. The van der Waals surface area contributed by atoms with Crippen LogP contribution in [0.15, 0.2) is 63.6 Å². The van der Waals surface area contributed by atoms with Crippen molar-refractivity contribution in [3.05, 3.63) is 53.6 Å². The number of ketones is 1. The van der Waals surface area contributed by atoms with Crippen LogP contribution >= 0.6 is 11.6 Å². The molecule has 1 aromatic rings. The monoisotopic (exact) mass is 297 g/mol. The van der Waals surface area contributed by atoms with Crippen molar-refractivity contribution < 1.29 is 17.5 Å². The second-order valence-electron chi connectivity index (χ2n) is 3.55. The van der Waals surface area contributed by atoms with Crippen LogP contribution in [0.2, 0.25) is 0 Å². The van der Waals surface area contributed by atoms with E-state index in [-0.39, 0.29) is 21.4 Å². The lowest BCUT2D eigenvalue weighted by Crippen LogP contribution is -2.07. The minimum Gasteiger partial charge on any atom is -0.288 e. The molecule has 98 valence electrons. The molecule has 1 aliphatic rings. The molecule has 0 atom stereocenters. The molecule has 0 radical (unpaired) electrons. The van der Waals surface area contributed by atoms with E-state index in [2.05, 4.69) is 9.44 Å². The van der Waals surface area contributed by atoms with E-state index in [9.17, 15) is 13.2 Å². The van der Waals surface area contributed by atoms with Crippen LogP contribution in [0.5, 0.6) is 0 Å². The number of oxime groups is 1. The van der Waals surface area contributed by atoms with Crippen molar-refractivity contribution in [2.45, 2.75) is 4.90 Å². The number of nitrogens with zero attached hydrogens (tertiary/aromatic N) is 1. The Balaban J connectivity index is 2.20. The molecule has 0 aromatic heterocycles. The maximum atomic E-state index is 11.7. The van der Waals surface area contributed by atoms with Crippen LogP contribution in [-0.4, -0.2) is 19.9 Å². The minimum atomic E-state index is -3.97. The van der Waals surface area contributed by atoms with Crippen LogP contribution in [0.25, 0.3) is 0 Å². The molecule has 0 saturated heterocycles. The zero-order valence-electron chi connectivity index (χ0n) is 9.49. The summed E-state index contributed by atoms with van der Waals surface area (Å²) in [4.78, 5) is 11.1. The lowest BCUT2D eigenvalue weighted by molar-refractivity contribution is -0.110. The van der Waals surface area contributed by atoms with E-state index < -0.39 is 10.1 Å². The Hall–Kier alpha value is -1.92. The highest BCUT2D eigenvalue weighted by atomic mass is 35.5. The summed E-state index contributed by atoms with van der Waals surface area (Å²) in [5, 5.41) is 3.39. The van der Waals surface area contributed by atoms with Gasteiger partial charge in [-0.15, -0.1) is 0 Å². The first-order valence-electron chi connectivity index (χ1n) is 5.15. The van der Waals surface area contributed by atoms with Gasteiger partial charge in [-0.25, -0.2) is 0 Å². The Morgan fingerprint density at radius 1 is 1.11 bits per heavy atom. The lowest BCUT2D eigenvalue weighted by Gasteiger charge is -2.03. The van der Waals surface area contributed by atoms with Crippen LogP contribution in [-0.2, 0) is 19.2 Å². The van der Waals surface area contributed by atoms with Gasteiger partial charge in [-0.3, -0.25) is 9.08 Å². The third-order valence-corrected chi connectivity index (χ3v) is 3.60. The Labute approximate surface area is 114 Å². The van der Waals surface area contributed by atoms with Crippen molar-refractivity contribution in [1.82, 2.24) is 0 Å². The first-order valence-corrected chi connectivity index (χ1v) is 6.94. The predicted molar refractivity (Wildman–Crippen MR) is 70.2 cm³/mol. The molecule has 5 nitrogen and oxygen atoms in total. The number of carbonyl (C=O) groups excluding carboxylic acids is 1. The number of hydrogen-bond acceptors (Lipinski definition) is 5. The number of carbonyl (C=O) groups is 1. The molecule has 1 aromatic carbocycles. The third-order valence-electron chi connectivity index (χ3n) is 2.19. The normalized spacial score (nSPS) is 17.4. The molecule has 2 rings (SSSR count). The minimum absolute atomic E-state index is 0.00899. The van der Waals surface area contributed by atoms with Crippen molar-refractivity contribution in [2.24, 2.45) is 5.16 Å². The number of halogens is 1. The number of benzene rings is 1. The predicted octanol–water partition coefficient (Wildman–Crippen LogP) is 2.01. The standard InChI is InChI=1S/C12H8ClNO4S/c13-11-8-9(6-7-12(11)15)14-18-19(16,17)10-4-2-1-3-5-10/h1-8H. The molecule has 0 aliphatic heterocycles. The highest BCUT2D eigenvalue weighted by Crippen LogP contribution is 2.14. The maximum Gasteiger partial charge on any atom is 0.358 e. The van der Waals surface area contributed by atoms with Crippen molar-refractivity contribution in [2.75, 3.05) is 0 Å². The van der Waals surface area contributed by atoms with Gasteiger partial charge in [0.2, 0.25) is 0 Å². The van der Waals surface area contributed by atoms with Gasteiger partial charge in [0, 0.05) is 0 Å². The SMILES string of the molecule is O=C1C=CC(=NOS(=O)(=O)c2ccccc2)C=C1Cl. The van der Waals surface area contributed by atoms with Gasteiger partial charge in [-0.05, 0) is 30.4 Å². The fourth-order valence-corrected chi connectivity index (χ4v) is 2.20. The lowest BCUT2D eigenvalue weighted by atomic mass is 10.2. The highest BCUT2D eigenvalue weighted by molar-refractivity contribution is 7.86. The van der Waals surface area contributed by atoms with Crippen LogP contribution < -0.4 is 0 Å². The van der Waals surface area contributed by atoms with Crippen LogP contribution in [0.4, 0.5) is 0 Å². The molecule has 0 saturated carbocycles. The molecule has 7 heteroatoms. The number of rotatable bonds is 3. The first-order chi connectivity index (χ1) is 8.99. The van der Waals surface area contributed by atoms with E-state index in [1.54, 1.807) is 18.2 Å². The van der Waals surface area contributed by atoms with Crippen LogP contribution in [0.1, 0.15) is 0 Å². The van der Waals surface area contributed by atoms with Gasteiger partial charge in [0.1, 0.15) is 10.6 Å². The highest BCUT2D eigenvalue weighted by Gasteiger charge is 2.16. The molecule has 19 heavy (non-hydrogen) atoms. The summed E-state index contributed by atoms with van der Waals surface area (Å²) >= 11 is 5.60. The second-order valence-corrected chi connectivity index (χ2v) is 5.48. The van der Waals surface area contributed by atoms with Crippen LogP contribution in [0.3, 0.4) is 0 Å². The summed E-state index contributed by atoms with van der Waals surface area (Å²) in [5.41, 5.74) is 0.143. The molecule has 0 spiro atoms. The Kier molecular flexibility index (Phi) is 3.82. The summed E-state index contributed by atoms with van der Waals surface area (Å²) in [7, 11) is -3.97. The molecule has 0 heterocycles. The summed E-state index contributed by atoms with van der Waals surface area (Å²) in [5.74, 6) is -0.369. The third kappa shape index (κ3) is 3.30. The van der Waals surface area contributed by atoms with E-state index in [0.717, 1.165) is 0 Å². The molecule has 0 fully saturated rings. The average Bonchev–Trinajstić information content (AvgIpc) is 2.41. The van der Waals surface area contributed by atoms with Crippen molar-refractivity contribution in [3.63, 3.8) is 0 Å². The van der Waals surface area contributed by atoms with Gasteiger partial charge in [-0.1, -0.05) is 35.0 Å². The van der Waals surface area contributed by atoms with Gasteiger partial charge < -0.3 is 0 Å². The molecular weight excluding hydrogens is 290 g/mol. The van der Waals surface area contributed by atoms with Crippen LogP contribution in [0, 0.1) is 0 Å². The summed E-state index contributed by atoms with van der Waals surface area (Å²) < 4.78 is 28.0. The Bertz CT molecular complexity index is 690. The topological polar surface area (TPSA) is 72.8 Å². The average molecular weight is 298 g/mol. The largest absolute Gasteiger partial charge is 0.358 e. The van der Waals surface area contributed by atoms with E-state index in [1.807, 2.05) is 0 Å². The van der Waals surface area contributed by atoms with E-state index in [1.165, 1.54) is 30.4 Å². The smallest absolute Gasteiger partial charge is 0.288 e. The molecule has 1 aliphatic carbocycles. The van der Waals surface area contributed by atoms with E-state index >= 15 is 0 Å². The summed E-state index contributed by atoms with van der Waals surface area (Å²) in [6, 6.07) is 7.60. The quantitative estimate of drug-likeness (QED) is 0.632. The Morgan fingerprint density at radius 2 is 1.79 bits per heavy atom. The van der Waals surface area contributed by atoms with Gasteiger partial charge in [-0.2, -0.15) is 8.42 Å². The molecule has 0 N–H and O–H groups in total. The molecular formula is C12H8ClNO4S. The van der Waals surface area contributed by atoms with Gasteiger partial charge >= 0.3 is 10.1 Å². The second kappa shape index (κ2) is 5.38. The number of hydrogen-bond donors (Lipinski definition) is 0. The zero-order valence-corrected chi connectivity index (χ0v) is 11.1. The molecule has 0 bridgehead atoms. The summed E-state index contributed by atoms with van der Waals surface area (Å²) in [6.07, 6.45) is 3.72. The molecule has 0 unspecified atom stereocenters. The summed E-state index contributed by atoms with van der Waals surface area (Å²) in [6.45, 7) is 0. The fourth-order valence-electron chi connectivity index (χ4n) is 1.27. The van der Waals surface area contributed by atoms with Crippen molar-refractivity contribution in [3.8, 4) is 0 Å². The van der Waals surface area contributed by atoms with E-state index in [4.69, 9.17) is 11.6 Å². The van der Waals surface area contributed by atoms with Gasteiger partial charge in [0.05, 0.1) is 5.03 Å². The number of allylic oxidation sites excluding steroid dienone is 4. The van der Waals surface area contributed by atoms with E-state index in [0.29, 0.717) is 0 Å². The molecule has 0 amide bonds. The van der Waals surface area contributed by atoms with Gasteiger partial charge in [0.25, 0.3) is 0 Å².